The topological polar surface area (TPSA) is 38.3 Å². The molecule has 1 N–H and O–H groups in total. The van der Waals surface area contributed by atoms with Crippen molar-refractivity contribution in [1.29, 1.82) is 0 Å². The summed E-state index contributed by atoms with van der Waals surface area (Å²) in [6, 6.07) is 9.65. The molecule has 0 fully saturated rings. The summed E-state index contributed by atoms with van der Waals surface area (Å²) in [4.78, 5) is 11.9. The van der Waals surface area contributed by atoms with Gasteiger partial charge in [-0.1, -0.05) is 12.1 Å². The van der Waals surface area contributed by atoms with Gasteiger partial charge in [-0.15, -0.1) is 11.3 Å². The van der Waals surface area contributed by atoms with E-state index in [0.29, 0.717) is 13.2 Å². The van der Waals surface area contributed by atoms with Crippen LogP contribution < -0.4 is 10.1 Å². The number of hydrogen-bond donors (Lipinski definition) is 1. The van der Waals surface area contributed by atoms with Crippen molar-refractivity contribution in [1.82, 2.24) is 5.32 Å². The molecule has 19 heavy (non-hydrogen) atoms. The van der Waals surface area contributed by atoms with Crippen LogP contribution in [0.25, 0.3) is 0 Å². The Morgan fingerprint density at radius 3 is 2.95 bits per heavy atom. The molecule has 1 heterocycles. The van der Waals surface area contributed by atoms with Crippen LogP contribution in [0.1, 0.15) is 22.8 Å². The maximum absolute atomic E-state index is 11.9. The molecule has 2 aromatic rings. The average Bonchev–Trinajstić information content (AvgIpc) is 2.84. The van der Waals surface area contributed by atoms with Crippen molar-refractivity contribution in [2.75, 3.05) is 6.61 Å². The van der Waals surface area contributed by atoms with Crippen LogP contribution in [0.4, 0.5) is 0 Å². The standard InChI is InChI=1S/C14H14INO2S/c1-2-18-12-5-3-4-10(6-12)8-16-14(17)11-7-13(15)19-9-11/h3-7,9H,2,8H2,1H3,(H,16,17). The molecular formula is C14H14INO2S. The summed E-state index contributed by atoms with van der Waals surface area (Å²) >= 11 is 3.78. The average molecular weight is 387 g/mol. The summed E-state index contributed by atoms with van der Waals surface area (Å²) in [6.45, 7) is 3.10. The molecule has 0 unspecified atom stereocenters. The highest BCUT2D eigenvalue weighted by Crippen LogP contribution is 2.17. The van der Waals surface area contributed by atoms with E-state index in [1.54, 1.807) is 11.3 Å². The lowest BCUT2D eigenvalue weighted by Crippen LogP contribution is -2.22. The Balaban J connectivity index is 1.95. The summed E-state index contributed by atoms with van der Waals surface area (Å²) in [5.41, 5.74) is 1.75. The number of halogens is 1. The van der Waals surface area contributed by atoms with Crippen molar-refractivity contribution in [3.63, 3.8) is 0 Å². The predicted molar refractivity (Wildman–Crippen MR) is 85.8 cm³/mol. The highest BCUT2D eigenvalue weighted by Gasteiger charge is 2.07. The first-order valence-electron chi connectivity index (χ1n) is 5.93. The molecule has 0 radical (unpaired) electrons. The van der Waals surface area contributed by atoms with E-state index in [0.717, 1.165) is 19.8 Å². The molecule has 0 aliphatic heterocycles. The van der Waals surface area contributed by atoms with Crippen LogP contribution in [0, 0.1) is 2.88 Å². The van der Waals surface area contributed by atoms with E-state index in [2.05, 4.69) is 27.9 Å². The number of amides is 1. The minimum atomic E-state index is -0.0408. The lowest BCUT2D eigenvalue weighted by atomic mass is 10.2. The fourth-order valence-corrected chi connectivity index (χ4v) is 2.95. The molecule has 3 nitrogen and oxygen atoms in total. The Hall–Kier alpha value is -1.08. The molecule has 5 heteroatoms. The van der Waals surface area contributed by atoms with E-state index in [1.807, 2.05) is 42.6 Å². The van der Waals surface area contributed by atoms with Crippen molar-refractivity contribution in [2.24, 2.45) is 0 Å². The molecule has 1 aromatic heterocycles. The van der Waals surface area contributed by atoms with Gasteiger partial charge in [0.2, 0.25) is 0 Å². The molecule has 1 aromatic carbocycles. The minimum absolute atomic E-state index is 0.0408. The highest BCUT2D eigenvalue weighted by atomic mass is 127. The van der Waals surface area contributed by atoms with Crippen molar-refractivity contribution in [3.05, 3.63) is 49.7 Å². The Kier molecular flexibility index (Phi) is 5.21. The van der Waals surface area contributed by atoms with Gasteiger partial charge in [-0.3, -0.25) is 4.79 Å². The fraction of sp³-hybridized carbons (Fsp3) is 0.214. The Morgan fingerprint density at radius 1 is 1.42 bits per heavy atom. The number of thiophene rings is 1. The summed E-state index contributed by atoms with van der Waals surface area (Å²) in [5, 5.41) is 4.78. The number of hydrogen-bond acceptors (Lipinski definition) is 3. The zero-order chi connectivity index (χ0) is 13.7. The van der Waals surface area contributed by atoms with Gasteiger partial charge in [-0.05, 0) is 53.3 Å². The van der Waals surface area contributed by atoms with E-state index in [4.69, 9.17) is 4.74 Å². The first kappa shape index (κ1) is 14.3. The molecular weight excluding hydrogens is 373 g/mol. The third-order valence-electron chi connectivity index (χ3n) is 2.49. The van der Waals surface area contributed by atoms with Crippen molar-refractivity contribution in [3.8, 4) is 5.75 Å². The lowest BCUT2D eigenvalue weighted by molar-refractivity contribution is 0.0951. The van der Waals surface area contributed by atoms with Gasteiger partial charge in [0.25, 0.3) is 5.91 Å². The van der Waals surface area contributed by atoms with Gasteiger partial charge in [0.15, 0.2) is 0 Å². The number of carbonyl (C=O) groups excluding carboxylic acids is 1. The van der Waals surface area contributed by atoms with Crippen molar-refractivity contribution in [2.45, 2.75) is 13.5 Å². The predicted octanol–water partition coefficient (Wildman–Crippen LogP) is 3.68. The zero-order valence-electron chi connectivity index (χ0n) is 10.5. The second-order valence-corrected chi connectivity index (χ2v) is 6.71. The molecule has 0 atom stereocenters. The molecule has 0 bridgehead atoms. The number of benzene rings is 1. The fourth-order valence-electron chi connectivity index (χ4n) is 1.63. The normalized spacial score (nSPS) is 10.2. The van der Waals surface area contributed by atoms with Crippen LogP contribution >= 0.6 is 33.9 Å². The van der Waals surface area contributed by atoms with Gasteiger partial charge < -0.3 is 10.1 Å². The second kappa shape index (κ2) is 6.91. The Bertz CT molecular complexity index is 568. The molecule has 0 aliphatic carbocycles. The second-order valence-electron chi connectivity index (χ2n) is 3.90. The highest BCUT2D eigenvalue weighted by molar-refractivity contribution is 14.1. The number of carbonyl (C=O) groups is 1. The van der Waals surface area contributed by atoms with E-state index in [9.17, 15) is 4.79 Å². The molecule has 100 valence electrons. The smallest absolute Gasteiger partial charge is 0.252 e. The van der Waals surface area contributed by atoms with Crippen LogP contribution in [-0.2, 0) is 6.54 Å². The maximum Gasteiger partial charge on any atom is 0.252 e. The van der Waals surface area contributed by atoms with Crippen LogP contribution in [0.15, 0.2) is 35.7 Å². The molecule has 1 amide bonds. The van der Waals surface area contributed by atoms with E-state index in [1.165, 1.54) is 0 Å². The SMILES string of the molecule is CCOc1cccc(CNC(=O)c2csc(I)c2)c1. The van der Waals surface area contributed by atoms with Crippen molar-refractivity contribution >= 4 is 39.8 Å². The summed E-state index contributed by atoms with van der Waals surface area (Å²) in [6.07, 6.45) is 0. The molecule has 0 spiro atoms. The van der Waals surface area contributed by atoms with Gasteiger partial charge in [-0.2, -0.15) is 0 Å². The Morgan fingerprint density at radius 2 is 2.26 bits per heavy atom. The van der Waals surface area contributed by atoms with Crippen LogP contribution in [0.5, 0.6) is 5.75 Å². The number of ether oxygens (including phenoxy) is 1. The number of rotatable bonds is 5. The van der Waals surface area contributed by atoms with E-state index < -0.39 is 0 Å². The summed E-state index contributed by atoms with van der Waals surface area (Å²) in [7, 11) is 0. The molecule has 0 aliphatic rings. The molecule has 0 saturated heterocycles. The molecule has 2 rings (SSSR count). The third-order valence-corrected chi connectivity index (χ3v) is 4.28. The monoisotopic (exact) mass is 387 g/mol. The van der Waals surface area contributed by atoms with Crippen LogP contribution in [0.2, 0.25) is 0 Å². The van der Waals surface area contributed by atoms with E-state index >= 15 is 0 Å². The first-order chi connectivity index (χ1) is 9.19. The van der Waals surface area contributed by atoms with Gasteiger partial charge >= 0.3 is 0 Å². The maximum atomic E-state index is 11.9. The quantitative estimate of drug-likeness (QED) is 0.795. The number of nitrogens with one attached hydrogen (secondary N) is 1. The van der Waals surface area contributed by atoms with Gasteiger partial charge in [0.05, 0.1) is 15.1 Å². The minimum Gasteiger partial charge on any atom is -0.494 e. The third kappa shape index (κ3) is 4.21. The van der Waals surface area contributed by atoms with Gasteiger partial charge in [0, 0.05) is 11.9 Å². The Labute approximate surface area is 130 Å². The lowest BCUT2D eigenvalue weighted by Gasteiger charge is -2.07. The van der Waals surface area contributed by atoms with E-state index in [-0.39, 0.29) is 5.91 Å². The van der Waals surface area contributed by atoms with Gasteiger partial charge in [-0.25, -0.2) is 0 Å². The van der Waals surface area contributed by atoms with Gasteiger partial charge in [0.1, 0.15) is 5.75 Å². The zero-order valence-corrected chi connectivity index (χ0v) is 13.5. The summed E-state index contributed by atoms with van der Waals surface area (Å²) < 4.78 is 6.54. The molecule has 0 saturated carbocycles. The largest absolute Gasteiger partial charge is 0.494 e. The van der Waals surface area contributed by atoms with Crippen LogP contribution in [-0.4, -0.2) is 12.5 Å². The van der Waals surface area contributed by atoms with Crippen molar-refractivity contribution < 1.29 is 9.53 Å². The summed E-state index contributed by atoms with van der Waals surface area (Å²) in [5.74, 6) is 0.792. The van der Waals surface area contributed by atoms with Crippen LogP contribution in [0.3, 0.4) is 0 Å². The first-order valence-corrected chi connectivity index (χ1v) is 7.89.